The van der Waals surface area contributed by atoms with E-state index in [1.54, 1.807) is 0 Å². The van der Waals surface area contributed by atoms with E-state index in [1.165, 1.54) is 16.0 Å². The van der Waals surface area contributed by atoms with E-state index >= 15 is 0 Å². The van der Waals surface area contributed by atoms with Crippen molar-refractivity contribution in [2.24, 2.45) is 0 Å². The monoisotopic (exact) mass is 604 g/mol. The van der Waals surface area contributed by atoms with Gasteiger partial charge in [-0.2, -0.15) is 0 Å². The molecule has 40 heavy (non-hydrogen) atoms. The van der Waals surface area contributed by atoms with Crippen molar-refractivity contribution in [3.8, 4) is 11.4 Å². The SMILES string of the molecule is CC(c1cccnc1)N1CCN(c2c(Br)cnc3nc(-c4ccc(CN5CCN(C(=O)O)CC5)cc4)[nH]c23)CC1. The number of carbonyl (C=O) groups is 1. The quantitative estimate of drug-likeness (QED) is 0.332. The van der Waals surface area contributed by atoms with Crippen LogP contribution in [0.5, 0.6) is 0 Å². The highest BCUT2D eigenvalue weighted by Crippen LogP contribution is 2.35. The zero-order valence-electron chi connectivity index (χ0n) is 22.5. The third kappa shape index (κ3) is 5.54. The number of hydrogen-bond donors (Lipinski definition) is 2. The van der Waals surface area contributed by atoms with E-state index < -0.39 is 6.09 Å². The third-order valence-corrected chi connectivity index (χ3v) is 8.65. The van der Waals surface area contributed by atoms with E-state index in [0.717, 1.165) is 72.9 Å². The van der Waals surface area contributed by atoms with E-state index in [-0.39, 0.29) is 0 Å². The Morgan fingerprint density at radius 3 is 2.45 bits per heavy atom. The second-order valence-corrected chi connectivity index (χ2v) is 11.3. The van der Waals surface area contributed by atoms with Crippen LogP contribution in [0.2, 0.25) is 0 Å². The Morgan fingerprint density at radius 2 is 1.77 bits per heavy atom. The van der Waals surface area contributed by atoms with Crippen LogP contribution in [0.4, 0.5) is 10.5 Å². The Bertz CT molecular complexity index is 1460. The van der Waals surface area contributed by atoms with Crippen LogP contribution in [0.15, 0.2) is 59.5 Å². The number of aromatic amines is 1. The van der Waals surface area contributed by atoms with Crippen molar-refractivity contribution >= 4 is 38.9 Å². The summed E-state index contributed by atoms with van der Waals surface area (Å²) in [6.45, 7) is 9.39. The average molecular weight is 606 g/mol. The summed E-state index contributed by atoms with van der Waals surface area (Å²) in [4.78, 5) is 37.1. The number of amides is 1. The number of H-pyrrole nitrogens is 1. The summed E-state index contributed by atoms with van der Waals surface area (Å²) in [6, 6.07) is 12.9. The predicted octanol–water partition coefficient (Wildman–Crippen LogP) is 4.46. The van der Waals surface area contributed by atoms with Gasteiger partial charge in [-0.3, -0.25) is 14.8 Å². The molecular formula is C29H33BrN8O2. The zero-order valence-corrected chi connectivity index (χ0v) is 24.1. The van der Waals surface area contributed by atoms with Crippen molar-refractivity contribution in [2.45, 2.75) is 19.5 Å². The second-order valence-electron chi connectivity index (χ2n) is 10.5. The summed E-state index contributed by atoms with van der Waals surface area (Å²) < 4.78 is 0.960. The fourth-order valence-electron chi connectivity index (χ4n) is 5.66. The molecule has 2 fully saturated rings. The maximum absolute atomic E-state index is 11.2. The van der Waals surface area contributed by atoms with Gasteiger partial charge in [0.25, 0.3) is 0 Å². The minimum Gasteiger partial charge on any atom is -0.465 e. The molecule has 0 radical (unpaired) electrons. The summed E-state index contributed by atoms with van der Waals surface area (Å²) in [6.07, 6.45) is 4.79. The highest BCUT2D eigenvalue weighted by atomic mass is 79.9. The molecule has 208 valence electrons. The lowest BCUT2D eigenvalue weighted by molar-refractivity contribution is 0.103. The molecule has 0 saturated carbocycles. The molecule has 1 unspecified atom stereocenters. The number of hydrogen-bond acceptors (Lipinski definition) is 7. The Hall–Kier alpha value is -3.54. The molecule has 0 bridgehead atoms. The molecule has 2 aliphatic heterocycles. The van der Waals surface area contributed by atoms with Crippen LogP contribution in [-0.2, 0) is 6.54 Å². The lowest BCUT2D eigenvalue weighted by Crippen LogP contribution is -2.47. The average Bonchev–Trinajstić information content (AvgIpc) is 3.42. The van der Waals surface area contributed by atoms with Crippen molar-refractivity contribution < 1.29 is 9.90 Å². The van der Waals surface area contributed by atoms with Crippen LogP contribution < -0.4 is 4.90 Å². The fraction of sp³-hybridized carbons (Fsp3) is 0.379. The van der Waals surface area contributed by atoms with Gasteiger partial charge in [0, 0.05) is 89.1 Å². The summed E-state index contributed by atoms with van der Waals surface area (Å²) in [5.74, 6) is 0.798. The van der Waals surface area contributed by atoms with Gasteiger partial charge >= 0.3 is 6.09 Å². The molecule has 1 atom stereocenters. The summed E-state index contributed by atoms with van der Waals surface area (Å²) in [5, 5.41) is 9.17. The number of aromatic nitrogens is 4. The maximum atomic E-state index is 11.2. The molecule has 1 amide bonds. The number of imidazole rings is 1. The normalized spacial score (nSPS) is 17.9. The fourth-order valence-corrected chi connectivity index (χ4v) is 6.21. The van der Waals surface area contributed by atoms with Crippen molar-refractivity contribution in [3.63, 3.8) is 0 Å². The molecule has 2 aliphatic rings. The number of halogens is 1. The molecule has 2 saturated heterocycles. The van der Waals surface area contributed by atoms with Gasteiger partial charge in [-0.15, -0.1) is 0 Å². The topological polar surface area (TPSA) is 105 Å². The molecule has 2 N–H and O–H groups in total. The molecule has 10 nitrogen and oxygen atoms in total. The highest BCUT2D eigenvalue weighted by Gasteiger charge is 2.26. The molecule has 3 aromatic heterocycles. The minimum absolute atomic E-state index is 0.327. The van der Waals surface area contributed by atoms with E-state index in [1.807, 2.05) is 24.7 Å². The van der Waals surface area contributed by atoms with Gasteiger partial charge in [0.2, 0.25) is 0 Å². The van der Waals surface area contributed by atoms with Gasteiger partial charge in [0.15, 0.2) is 5.65 Å². The lowest BCUT2D eigenvalue weighted by Gasteiger charge is -2.39. The smallest absolute Gasteiger partial charge is 0.407 e. The van der Waals surface area contributed by atoms with Crippen LogP contribution in [0.3, 0.4) is 0 Å². The number of piperazine rings is 2. The van der Waals surface area contributed by atoms with Gasteiger partial charge in [-0.25, -0.2) is 14.8 Å². The first-order valence-electron chi connectivity index (χ1n) is 13.7. The first-order chi connectivity index (χ1) is 19.5. The molecule has 5 heterocycles. The number of anilines is 1. The molecule has 0 aliphatic carbocycles. The van der Waals surface area contributed by atoms with Gasteiger partial charge in [0.1, 0.15) is 11.3 Å². The summed E-state index contributed by atoms with van der Waals surface area (Å²) in [5.41, 5.74) is 6.21. The Balaban J connectivity index is 1.14. The zero-order chi connectivity index (χ0) is 27.6. The highest BCUT2D eigenvalue weighted by molar-refractivity contribution is 9.10. The first-order valence-corrected chi connectivity index (χ1v) is 14.5. The Morgan fingerprint density at radius 1 is 1.02 bits per heavy atom. The number of benzene rings is 1. The molecule has 1 aromatic carbocycles. The minimum atomic E-state index is -0.836. The van der Waals surface area contributed by atoms with Crippen LogP contribution in [0.25, 0.3) is 22.6 Å². The van der Waals surface area contributed by atoms with Crippen LogP contribution in [-0.4, -0.2) is 98.2 Å². The maximum Gasteiger partial charge on any atom is 0.407 e. The number of nitrogens with zero attached hydrogens (tertiary/aromatic N) is 7. The molecular weight excluding hydrogens is 572 g/mol. The standard InChI is InChI=1S/C29H33BrN8O2/c1-20(23-3-2-8-31-17-23)36-13-15-37(16-14-36)26-24(30)18-32-28-25(26)33-27(34-28)22-6-4-21(5-7-22)19-35-9-11-38(12-10-35)29(39)40/h2-8,17-18,20H,9-16,19H2,1H3,(H,39,40)(H,32,33,34). The van der Waals surface area contributed by atoms with Crippen LogP contribution in [0, 0.1) is 0 Å². The Kier molecular flexibility index (Phi) is 7.68. The van der Waals surface area contributed by atoms with Crippen molar-refractivity contribution in [3.05, 3.63) is 70.6 Å². The number of fused-ring (bicyclic) bond motifs is 1. The largest absolute Gasteiger partial charge is 0.465 e. The van der Waals surface area contributed by atoms with Crippen molar-refractivity contribution in [1.29, 1.82) is 0 Å². The number of rotatable bonds is 6. The van der Waals surface area contributed by atoms with E-state index in [0.29, 0.717) is 24.8 Å². The van der Waals surface area contributed by atoms with Gasteiger partial charge in [-0.1, -0.05) is 30.3 Å². The Labute approximate surface area is 241 Å². The van der Waals surface area contributed by atoms with Crippen molar-refractivity contribution in [2.75, 3.05) is 57.3 Å². The van der Waals surface area contributed by atoms with Gasteiger partial charge in [-0.05, 0) is 40.0 Å². The first kappa shape index (κ1) is 26.7. The van der Waals surface area contributed by atoms with E-state index in [9.17, 15) is 4.79 Å². The van der Waals surface area contributed by atoms with Crippen molar-refractivity contribution in [1.82, 2.24) is 34.6 Å². The van der Waals surface area contributed by atoms with E-state index in [4.69, 9.17) is 10.1 Å². The van der Waals surface area contributed by atoms with Crippen LogP contribution >= 0.6 is 15.9 Å². The predicted molar refractivity (Wildman–Crippen MR) is 158 cm³/mol. The molecule has 4 aromatic rings. The molecule has 11 heteroatoms. The number of carboxylic acid groups (broad SMARTS) is 1. The molecule has 6 rings (SSSR count). The molecule has 0 spiro atoms. The van der Waals surface area contributed by atoms with E-state index in [2.05, 4.69) is 82.8 Å². The third-order valence-electron chi connectivity index (χ3n) is 8.07. The lowest BCUT2D eigenvalue weighted by atomic mass is 10.1. The second kappa shape index (κ2) is 11.5. The summed E-state index contributed by atoms with van der Waals surface area (Å²) in [7, 11) is 0. The van der Waals surface area contributed by atoms with Gasteiger partial charge < -0.3 is 19.9 Å². The number of pyridine rings is 2. The van der Waals surface area contributed by atoms with Gasteiger partial charge in [0.05, 0.1) is 10.2 Å². The summed E-state index contributed by atoms with van der Waals surface area (Å²) >= 11 is 3.75. The van der Waals surface area contributed by atoms with Crippen LogP contribution in [0.1, 0.15) is 24.1 Å². The number of nitrogens with one attached hydrogen (secondary N) is 1.